The fourth-order valence-corrected chi connectivity index (χ4v) is 5.30. The number of sulfonamides is 1. The van der Waals surface area contributed by atoms with E-state index in [1.165, 1.54) is 4.31 Å². The van der Waals surface area contributed by atoms with Gasteiger partial charge >= 0.3 is 0 Å². The number of nitrogens with zero attached hydrogens (tertiary/aromatic N) is 2. The van der Waals surface area contributed by atoms with Gasteiger partial charge in [-0.05, 0) is 51.6 Å². The van der Waals surface area contributed by atoms with E-state index < -0.39 is 10.0 Å². The zero-order chi connectivity index (χ0) is 21.7. The summed E-state index contributed by atoms with van der Waals surface area (Å²) in [7, 11) is 0.491. The first kappa shape index (κ1) is 22.5. The summed E-state index contributed by atoms with van der Waals surface area (Å²) in [5.41, 5.74) is 2.18. The largest absolute Gasteiger partial charge is 0.354 e. The van der Waals surface area contributed by atoms with Gasteiger partial charge in [-0.15, -0.1) is 0 Å². The molecule has 0 saturated carbocycles. The fraction of sp³-hybridized carbons (Fsp3) is 0.435. The van der Waals surface area contributed by atoms with Crippen LogP contribution in [0.4, 0.5) is 0 Å². The molecule has 1 N–H and O–H groups in total. The van der Waals surface area contributed by atoms with Crippen molar-refractivity contribution in [2.24, 2.45) is 5.92 Å². The minimum absolute atomic E-state index is 0.00478. The Morgan fingerprint density at radius 2 is 1.67 bits per heavy atom. The number of piperidine rings is 1. The molecule has 2 aromatic rings. The molecule has 1 aliphatic heterocycles. The Hall–Kier alpha value is -2.22. The molecule has 0 bridgehead atoms. The van der Waals surface area contributed by atoms with Crippen LogP contribution in [-0.4, -0.2) is 57.3 Å². The highest BCUT2D eigenvalue weighted by Gasteiger charge is 2.32. The van der Waals surface area contributed by atoms with E-state index in [1.807, 2.05) is 39.2 Å². The molecule has 1 heterocycles. The predicted molar refractivity (Wildman–Crippen MR) is 119 cm³/mol. The van der Waals surface area contributed by atoms with Crippen molar-refractivity contribution in [1.29, 1.82) is 0 Å². The molecule has 162 valence electrons. The Balaban J connectivity index is 1.55. The molecule has 0 unspecified atom stereocenters. The molecule has 6 nitrogen and oxygen atoms in total. The summed E-state index contributed by atoms with van der Waals surface area (Å²) in [6, 6.07) is 17.1. The Labute approximate surface area is 179 Å². The third kappa shape index (κ3) is 5.28. The third-order valence-electron chi connectivity index (χ3n) is 5.76. The minimum atomic E-state index is -3.51. The van der Waals surface area contributed by atoms with E-state index in [0.717, 1.165) is 11.1 Å². The Bertz CT molecular complexity index is 935. The second kappa shape index (κ2) is 9.73. The van der Waals surface area contributed by atoms with Crippen LogP contribution in [0.5, 0.6) is 0 Å². The van der Waals surface area contributed by atoms with Crippen LogP contribution < -0.4 is 5.32 Å². The molecular formula is C23H31N3O3S. The van der Waals surface area contributed by atoms with Gasteiger partial charge in [0.1, 0.15) is 0 Å². The summed E-state index contributed by atoms with van der Waals surface area (Å²) in [5, 5.41) is 3.08. The van der Waals surface area contributed by atoms with E-state index >= 15 is 0 Å². The van der Waals surface area contributed by atoms with Crippen molar-refractivity contribution in [3.63, 3.8) is 0 Å². The van der Waals surface area contributed by atoms with E-state index in [1.54, 1.807) is 24.3 Å². The normalized spacial score (nSPS) is 17.1. The maximum absolute atomic E-state index is 12.8. The van der Waals surface area contributed by atoms with Crippen molar-refractivity contribution >= 4 is 15.9 Å². The number of aryl methyl sites for hydroxylation is 1. The zero-order valence-electron chi connectivity index (χ0n) is 17.9. The molecule has 0 spiro atoms. The number of likely N-dealkylation sites (N-methyl/N-ethyl adjacent to an activating group) is 1. The van der Waals surface area contributed by atoms with Crippen LogP contribution in [0, 0.1) is 12.8 Å². The Kier molecular flexibility index (Phi) is 7.28. The number of carbonyl (C=O) groups is 1. The molecule has 3 rings (SSSR count). The summed E-state index contributed by atoms with van der Waals surface area (Å²) in [6.07, 6.45) is 1.07. The average Bonchev–Trinajstić information content (AvgIpc) is 2.74. The van der Waals surface area contributed by atoms with Crippen LogP contribution in [0.1, 0.15) is 30.0 Å². The number of hydrogen-bond donors (Lipinski definition) is 1. The second-order valence-corrected chi connectivity index (χ2v) is 10.1. The van der Waals surface area contributed by atoms with Crippen LogP contribution in [0.15, 0.2) is 59.5 Å². The molecule has 1 saturated heterocycles. The number of amides is 1. The van der Waals surface area contributed by atoms with Crippen molar-refractivity contribution in [3.8, 4) is 0 Å². The Morgan fingerprint density at radius 1 is 1.07 bits per heavy atom. The van der Waals surface area contributed by atoms with Crippen LogP contribution >= 0.6 is 0 Å². The van der Waals surface area contributed by atoms with Gasteiger partial charge in [0.05, 0.1) is 10.9 Å². The lowest BCUT2D eigenvalue weighted by atomic mass is 9.97. The molecule has 0 aliphatic carbocycles. The van der Waals surface area contributed by atoms with Gasteiger partial charge in [-0.25, -0.2) is 8.42 Å². The van der Waals surface area contributed by atoms with Gasteiger partial charge in [-0.1, -0.05) is 48.0 Å². The summed E-state index contributed by atoms with van der Waals surface area (Å²) >= 11 is 0. The number of hydrogen-bond acceptors (Lipinski definition) is 4. The standard InChI is InChI=1S/C23H31N3O3S/c1-18-9-11-21(12-10-18)30(28,29)26-15-13-20(14-16-26)23(27)24-17-22(25(2)3)19-7-5-4-6-8-19/h4-12,20,22H,13-17H2,1-3H3,(H,24,27)/t22-/m0/s1. The highest BCUT2D eigenvalue weighted by Crippen LogP contribution is 2.24. The van der Waals surface area contributed by atoms with Crippen molar-refractivity contribution in [2.75, 3.05) is 33.7 Å². The van der Waals surface area contributed by atoms with Crippen molar-refractivity contribution in [3.05, 3.63) is 65.7 Å². The van der Waals surface area contributed by atoms with E-state index in [4.69, 9.17) is 0 Å². The minimum Gasteiger partial charge on any atom is -0.354 e. The third-order valence-corrected chi connectivity index (χ3v) is 7.67. The van der Waals surface area contributed by atoms with Gasteiger partial charge in [0.25, 0.3) is 0 Å². The zero-order valence-corrected chi connectivity index (χ0v) is 18.7. The topological polar surface area (TPSA) is 69.7 Å². The second-order valence-electron chi connectivity index (χ2n) is 8.13. The molecule has 1 atom stereocenters. The van der Waals surface area contributed by atoms with E-state index in [-0.39, 0.29) is 17.9 Å². The first-order valence-electron chi connectivity index (χ1n) is 10.3. The highest BCUT2D eigenvalue weighted by atomic mass is 32.2. The molecule has 1 fully saturated rings. The number of carbonyl (C=O) groups excluding carboxylic acids is 1. The molecule has 1 amide bonds. The predicted octanol–water partition coefficient (Wildman–Crippen LogP) is 2.81. The SMILES string of the molecule is Cc1ccc(S(=O)(=O)N2CCC(C(=O)NC[C@@H](c3ccccc3)N(C)C)CC2)cc1. The molecule has 7 heteroatoms. The smallest absolute Gasteiger partial charge is 0.243 e. The number of nitrogens with one attached hydrogen (secondary N) is 1. The van der Waals surface area contributed by atoms with Crippen molar-refractivity contribution in [2.45, 2.75) is 30.7 Å². The van der Waals surface area contributed by atoms with Crippen LogP contribution in [0.2, 0.25) is 0 Å². The van der Waals surface area contributed by atoms with Crippen molar-refractivity contribution < 1.29 is 13.2 Å². The summed E-state index contributed by atoms with van der Waals surface area (Å²) in [4.78, 5) is 15.1. The fourth-order valence-electron chi connectivity index (χ4n) is 3.83. The molecule has 1 aliphatic rings. The number of rotatable bonds is 7. The lowest BCUT2D eigenvalue weighted by Gasteiger charge is -2.31. The van der Waals surface area contributed by atoms with Gasteiger partial charge in [0.15, 0.2) is 0 Å². The monoisotopic (exact) mass is 429 g/mol. The Morgan fingerprint density at radius 3 is 2.23 bits per heavy atom. The van der Waals surface area contributed by atoms with E-state index in [2.05, 4.69) is 22.3 Å². The van der Waals surface area contributed by atoms with Crippen LogP contribution in [0.25, 0.3) is 0 Å². The van der Waals surface area contributed by atoms with E-state index in [0.29, 0.717) is 37.4 Å². The van der Waals surface area contributed by atoms with Gasteiger partial charge in [0.2, 0.25) is 15.9 Å². The van der Waals surface area contributed by atoms with Gasteiger partial charge < -0.3 is 10.2 Å². The molecule has 0 radical (unpaired) electrons. The highest BCUT2D eigenvalue weighted by molar-refractivity contribution is 7.89. The van der Waals surface area contributed by atoms with Gasteiger partial charge in [0, 0.05) is 25.6 Å². The molecule has 2 aromatic carbocycles. The van der Waals surface area contributed by atoms with Gasteiger partial charge in [-0.2, -0.15) is 4.31 Å². The summed E-state index contributed by atoms with van der Waals surface area (Å²) in [6.45, 7) is 3.19. The summed E-state index contributed by atoms with van der Waals surface area (Å²) in [5.74, 6) is -0.154. The average molecular weight is 430 g/mol. The first-order valence-corrected chi connectivity index (χ1v) is 11.8. The molecular weight excluding hydrogens is 398 g/mol. The van der Waals surface area contributed by atoms with Gasteiger partial charge in [-0.3, -0.25) is 4.79 Å². The van der Waals surface area contributed by atoms with E-state index in [9.17, 15) is 13.2 Å². The first-order chi connectivity index (χ1) is 14.3. The van der Waals surface area contributed by atoms with Crippen LogP contribution in [0.3, 0.4) is 0 Å². The molecule has 0 aromatic heterocycles. The maximum atomic E-state index is 12.8. The lowest BCUT2D eigenvalue weighted by Crippen LogP contribution is -2.44. The maximum Gasteiger partial charge on any atom is 0.243 e. The quantitative estimate of drug-likeness (QED) is 0.735. The summed E-state index contributed by atoms with van der Waals surface area (Å²) < 4.78 is 27.2. The molecule has 30 heavy (non-hydrogen) atoms. The van der Waals surface area contributed by atoms with Crippen molar-refractivity contribution in [1.82, 2.24) is 14.5 Å². The lowest BCUT2D eigenvalue weighted by molar-refractivity contribution is -0.126. The number of benzene rings is 2. The van der Waals surface area contributed by atoms with Crippen LogP contribution in [-0.2, 0) is 14.8 Å².